The van der Waals surface area contributed by atoms with Crippen molar-refractivity contribution in [3.8, 4) is 0 Å². The van der Waals surface area contributed by atoms with E-state index in [1.165, 1.54) is 0 Å². The van der Waals surface area contributed by atoms with E-state index in [1.54, 1.807) is 5.53 Å². The first kappa shape index (κ1) is 8.33. The summed E-state index contributed by atoms with van der Waals surface area (Å²) in [5, 5.41) is 35.0. The van der Waals surface area contributed by atoms with Gasteiger partial charge in [0.15, 0.2) is 6.54 Å². The maximum absolute atomic E-state index is 10.6. The van der Waals surface area contributed by atoms with Crippen LogP contribution in [0.4, 0.5) is 0 Å². The van der Waals surface area contributed by atoms with Crippen molar-refractivity contribution >= 4 is 5.91 Å². The molecule has 1 rings (SSSR count). The third-order valence-corrected chi connectivity index (χ3v) is 1.10. The number of nitrogens with zero attached hydrogens (tertiary/aromatic N) is 1. The number of hydroxylamine groups is 1. The summed E-state index contributed by atoms with van der Waals surface area (Å²) in [4.78, 5) is 10.6. The predicted octanol–water partition coefficient (Wildman–Crippen LogP) is -4.78. The highest BCUT2D eigenvalue weighted by molar-refractivity contribution is 5.77. The Bertz CT molecular complexity index is 176. The van der Waals surface area contributed by atoms with Gasteiger partial charge in [0.1, 0.15) is 0 Å². The van der Waals surface area contributed by atoms with Crippen molar-refractivity contribution in [2.45, 2.75) is 6.10 Å². The second-order valence-electron chi connectivity index (χ2n) is 2.04. The SMILES string of the molecule is O=C1C[NH+]([O-])NN1C(O)(O)O. The zero-order valence-electron chi connectivity index (χ0n) is 5.31. The first-order valence-corrected chi connectivity index (χ1v) is 2.71. The van der Waals surface area contributed by atoms with Crippen molar-refractivity contribution in [1.29, 1.82) is 0 Å². The van der Waals surface area contributed by atoms with Gasteiger partial charge in [0, 0.05) is 0 Å². The maximum atomic E-state index is 10.6. The number of hydrogen-bond acceptors (Lipinski definition) is 6. The Labute approximate surface area is 60.8 Å². The van der Waals surface area contributed by atoms with Crippen LogP contribution in [0.25, 0.3) is 0 Å². The quantitative estimate of drug-likeness (QED) is 0.196. The summed E-state index contributed by atoms with van der Waals surface area (Å²) in [7, 11) is 0. The second kappa shape index (κ2) is 2.37. The molecule has 0 saturated carbocycles. The predicted molar refractivity (Wildman–Crippen MR) is 28.6 cm³/mol. The van der Waals surface area contributed by atoms with E-state index in [9.17, 15) is 10.0 Å². The first-order valence-electron chi connectivity index (χ1n) is 2.71. The van der Waals surface area contributed by atoms with Crippen LogP contribution in [0.1, 0.15) is 0 Å². The summed E-state index contributed by atoms with van der Waals surface area (Å²) in [6.07, 6.45) is -3.32. The lowest BCUT2D eigenvalue weighted by molar-refractivity contribution is -0.893. The van der Waals surface area contributed by atoms with Crippen LogP contribution in [0.15, 0.2) is 0 Å². The van der Waals surface area contributed by atoms with Crippen molar-refractivity contribution in [2.24, 2.45) is 0 Å². The topological polar surface area (TPSA) is 121 Å². The molecule has 1 fully saturated rings. The highest BCUT2D eigenvalue weighted by Crippen LogP contribution is 2.00. The molecule has 0 spiro atoms. The van der Waals surface area contributed by atoms with Crippen molar-refractivity contribution in [3.05, 3.63) is 5.21 Å². The minimum atomic E-state index is -3.32. The Morgan fingerprint density at radius 3 is 2.36 bits per heavy atom. The summed E-state index contributed by atoms with van der Waals surface area (Å²) in [5.41, 5.74) is 1.74. The second-order valence-corrected chi connectivity index (χ2v) is 2.04. The minimum Gasteiger partial charge on any atom is -0.611 e. The molecule has 1 saturated heterocycles. The summed E-state index contributed by atoms with van der Waals surface area (Å²) in [6, 6.07) is 0. The largest absolute Gasteiger partial charge is 0.611 e. The van der Waals surface area contributed by atoms with Crippen LogP contribution in [-0.4, -0.2) is 38.9 Å². The normalized spacial score (nSPS) is 26.4. The third-order valence-electron chi connectivity index (χ3n) is 1.10. The zero-order chi connectivity index (χ0) is 8.65. The molecule has 1 amide bonds. The molecule has 11 heavy (non-hydrogen) atoms. The summed E-state index contributed by atoms with van der Waals surface area (Å²) in [5.74, 6) is -0.900. The highest BCUT2D eigenvalue weighted by Gasteiger charge is 2.41. The molecule has 8 heteroatoms. The van der Waals surface area contributed by atoms with E-state index in [1.807, 2.05) is 0 Å². The van der Waals surface area contributed by atoms with Gasteiger partial charge in [-0.05, 0) is 0 Å². The lowest BCUT2D eigenvalue weighted by atomic mass is 10.6. The van der Waals surface area contributed by atoms with Crippen LogP contribution in [0, 0.1) is 5.21 Å². The first-order chi connectivity index (χ1) is 4.91. The summed E-state index contributed by atoms with van der Waals surface area (Å²) < 4.78 is 0. The molecule has 0 aliphatic carbocycles. The van der Waals surface area contributed by atoms with Gasteiger partial charge in [-0.25, -0.2) is 0 Å². The molecule has 1 unspecified atom stereocenters. The number of nitrogens with one attached hydrogen (secondary N) is 2. The molecule has 1 aliphatic rings. The molecule has 8 nitrogen and oxygen atoms in total. The Balaban J connectivity index is 2.68. The number of aliphatic hydroxyl groups is 3. The molecule has 0 aromatic heterocycles. The van der Waals surface area contributed by atoms with Crippen LogP contribution in [0.5, 0.6) is 0 Å². The standard InChI is InChI=1S/C3H7N3O5/c7-2-1-5(11)4-6(2)3(8,9)10/h4-5,8-10H,1H2. The number of hydrogen-bond donors (Lipinski definition) is 5. The number of quaternary nitrogens is 1. The molecule has 64 valence electrons. The van der Waals surface area contributed by atoms with Gasteiger partial charge in [-0.2, -0.15) is 0 Å². The minimum absolute atomic E-state index is 0.0370. The van der Waals surface area contributed by atoms with Gasteiger partial charge >= 0.3 is 12.0 Å². The third kappa shape index (κ3) is 1.63. The molecular weight excluding hydrogens is 158 g/mol. The number of hydrazine groups is 1. The van der Waals surface area contributed by atoms with Gasteiger partial charge in [-0.15, -0.1) is 5.01 Å². The average Bonchev–Trinajstić information content (AvgIpc) is 2.08. The van der Waals surface area contributed by atoms with E-state index in [2.05, 4.69) is 0 Å². The van der Waals surface area contributed by atoms with Crippen molar-refractivity contribution < 1.29 is 25.3 Å². The van der Waals surface area contributed by atoms with E-state index in [0.29, 0.717) is 0 Å². The monoisotopic (exact) mass is 165 g/mol. The Morgan fingerprint density at radius 2 is 2.18 bits per heavy atom. The fraction of sp³-hybridized carbons (Fsp3) is 0.667. The molecule has 1 heterocycles. The Morgan fingerprint density at radius 1 is 1.64 bits per heavy atom. The number of rotatable bonds is 1. The van der Waals surface area contributed by atoms with Crippen LogP contribution in [0.2, 0.25) is 0 Å². The van der Waals surface area contributed by atoms with Crippen molar-refractivity contribution in [1.82, 2.24) is 10.5 Å². The van der Waals surface area contributed by atoms with Crippen LogP contribution in [-0.2, 0) is 4.79 Å². The summed E-state index contributed by atoms with van der Waals surface area (Å²) in [6.45, 7) is -0.497. The van der Waals surface area contributed by atoms with E-state index in [-0.39, 0.29) is 5.01 Å². The fourth-order valence-corrected chi connectivity index (χ4v) is 0.685. The maximum Gasteiger partial charge on any atom is 0.390 e. The van der Waals surface area contributed by atoms with Crippen molar-refractivity contribution in [2.75, 3.05) is 6.54 Å². The van der Waals surface area contributed by atoms with E-state index < -0.39 is 23.7 Å². The zero-order valence-corrected chi connectivity index (χ0v) is 5.31. The molecule has 0 bridgehead atoms. The van der Waals surface area contributed by atoms with Gasteiger partial charge in [0.25, 0.3) is 0 Å². The van der Waals surface area contributed by atoms with Gasteiger partial charge < -0.3 is 20.5 Å². The molecule has 0 aromatic rings. The Hall–Kier alpha value is -0.770. The molecule has 0 aromatic carbocycles. The lowest BCUT2D eigenvalue weighted by Crippen LogP contribution is -3.12. The van der Waals surface area contributed by atoms with Crippen LogP contribution < -0.4 is 10.7 Å². The van der Waals surface area contributed by atoms with Gasteiger partial charge in [-0.1, -0.05) is 5.53 Å². The van der Waals surface area contributed by atoms with E-state index in [4.69, 9.17) is 15.3 Å². The van der Waals surface area contributed by atoms with Crippen LogP contribution >= 0.6 is 0 Å². The van der Waals surface area contributed by atoms with E-state index in [0.717, 1.165) is 0 Å². The summed E-state index contributed by atoms with van der Waals surface area (Å²) >= 11 is 0. The highest BCUT2D eigenvalue weighted by atomic mass is 16.7. The average molecular weight is 165 g/mol. The van der Waals surface area contributed by atoms with Gasteiger partial charge in [0.2, 0.25) is 0 Å². The number of amides is 1. The van der Waals surface area contributed by atoms with Crippen LogP contribution in [0.3, 0.4) is 0 Å². The lowest BCUT2D eigenvalue weighted by Gasteiger charge is -2.23. The fourth-order valence-electron chi connectivity index (χ4n) is 0.685. The molecule has 1 atom stereocenters. The number of carbonyl (C=O) groups is 1. The molecular formula is C3H7N3O5. The van der Waals surface area contributed by atoms with Crippen molar-refractivity contribution in [3.63, 3.8) is 0 Å². The Kier molecular flexibility index (Phi) is 1.80. The molecule has 5 N–H and O–H groups in total. The number of carbonyl (C=O) groups excluding carboxylic acids is 1. The van der Waals surface area contributed by atoms with E-state index >= 15 is 0 Å². The van der Waals surface area contributed by atoms with Gasteiger partial charge in [-0.3, -0.25) is 9.97 Å². The molecule has 1 aliphatic heterocycles. The smallest absolute Gasteiger partial charge is 0.390 e. The van der Waals surface area contributed by atoms with Gasteiger partial charge in [0.05, 0.1) is 0 Å². The molecule has 0 radical (unpaired) electrons.